The second-order valence-corrected chi connectivity index (χ2v) is 8.68. The van der Waals surface area contributed by atoms with Crippen molar-refractivity contribution in [2.75, 3.05) is 17.2 Å². The molecule has 0 aliphatic heterocycles. The lowest BCUT2D eigenvalue weighted by molar-refractivity contribution is 0.0696. The average Bonchev–Trinajstić information content (AvgIpc) is 3.46. The number of hydrogen-bond acceptors (Lipinski definition) is 6. The van der Waals surface area contributed by atoms with Gasteiger partial charge in [0, 0.05) is 17.0 Å². The average molecular weight is 486 g/mol. The van der Waals surface area contributed by atoms with E-state index >= 15 is 0 Å². The minimum Gasteiger partial charge on any atom is -0.478 e. The topological polar surface area (TPSA) is 118 Å². The van der Waals surface area contributed by atoms with E-state index in [-0.39, 0.29) is 28.9 Å². The van der Waals surface area contributed by atoms with Gasteiger partial charge in [0.2, 0.25) is 0 Å². The molecule has 174 valence electrons. The molecule has 0 atom stereocenters. The molecule has 3 N–H and O–H groups in total. The Balaban J connectivity index is 1.19. The Hall–Kier alpha value is -4.50. The molecule has 0 bridgehead atoms. The van der Waals surface area contributed by atoms with E-state index in [1.54, 1.807) is 0 Å². The third kappa shape index (κ3) is 4.62. The van der Waals surface area contributed by atoms with E-state index < -0.39 is 18.0 Å². The number of ether oxygens (including phenoxy) is 1. The molecule has 2 amide bonds. The van der Waals surface area contributed by atoms with Crippen LogP contribution in [0, 0.1) is 0 Å². The number of aromatic carboxylic acids is 1. The third-order valence-electron chi connectivity index (χ3n) is 5.68. The van der Waals surface area contributed by atoms with Crippen LogP contribution < -0.4 is 10.6 Å². The Morgan fingerprint density at radius 1 is 0.886 bits per heavy atom. The van der Waals surface area contributed by atoms with Crippen molar-refractivity contribution in [2.45, 2.75) is 5.92 Å². The molecule has 9 heteroatoms. The van der Waals surface area contributed by atoms with Crippen LogP contribution >= 0.6 is 11.3 Å². The molecular weight excluding hydrogens is 466 g/mol. The molecule has 0 spiro atoms. The molecule has 1 aliphatic rings. The van der Waals surface area contributed by atoms with Gasteiger partial charge >= 0.3 is 12.1 Å². The summed E-state index contributed by atoms with van der Waals surface area (Å²) in [5.74, 6) is -1.59. The number of thiazole rings is 1. The fourth-order valence-corrected chi connectivity index (χ4v) is 4.72. The van der Waals surface area contributed by atoms with E-state index in [0.29, 0.717) is 5.69 Å². The lowest BCUT2D eigenvalue weighted by Gasteiger charge is -2.14. The highest BCUT2D eigenvalue weighted by Gasteiger charge is 2.29. The summed E-state index contributed by atoms with van der Waals surface area (Å²) < 4.78 is 5.51. The second kappa shape index (κ2) is 9.40. The van der Waals surface area contributed by atoms with Gasteiger partial charge in [-0.1, -0.05) is 48.5 Å². The first-order valence-electron chi connectivity index (χ1n) is 10.7. The van der Waals surface area contributed by atoms with Crippen LogP contribution in [-0.2, 0) is 4.74 Å². The lowest BCUT2D eigenvalue weighted by atomic mass is 9.98. The molecule has 3 aromatic carbocycles. The third-order valence-corrected chi connectivity index (χ3v) is 6.44. The zero-order valence-corrected chi connectivity index (χ0v) is 19.0. The van der Waals surface area contributed by atoms with Crippen LogP contribution in [0.5, 0.6) is 0 Å². The van der Waals surface area contributed by atoms with Crippen LogP contribution in [0.4, 0.5) is 15.6 Å². The summed E-state index contributed by atoms with van der Waals surface area (Å²) in [5.41, 5.74) is 5.18. The second-order valence-electron chi connectivity index (χ2n) is 7.83. The lowest BCUT2D eigenvalue weighted by Crippen LogP contribution is -2.18. The number of benzene rings is 3. The molecule has 35 heavy (non-hydrogen) atoms. The smallest absolute Gasteiger partial charge is 0.413 e. The molecule has 0 unspecified atom stereocenters. The maximum Gasteiger partial charge on any atom is 0.413 e. The van der Waals surface area contributed by atoms with Gasteiger partial charge in [0.25, 0.3) is 5.91 Å². The number of carbonyl (C=O) groups excluding carboxylic acids is 2. The summed E-state index contributed by atoms with van der Waals surface area (Å²) in [6.07, 6.45) is -0.655. The van der Waals surface area contributed by atoms with E-state index in [9.17, 15) is 14.4 Å². The van der Waals surface area contributed by atoms with E-state index in [1.807, 2.05) is 36.4 Å². The zero-order chi connectivity index (χ0) is 24.4. The molecule has 0 fully saturated rings. The van der Waals surface area contributed by atoms with Crippen molar-refractivity contribution in [3.05, 3.63) is 101 Å². The van der Waals surface area contributed by atoms with Gasteiger partial charge in [-0.25, -0.2) is 14.6 Å². The molecular formula is C26H19N3O5S. The van der Waals surface area contributed by atoms with Gasteiger partial charge < -0.3 is 15.2 Å². The van der Waals surface area contributed by atoms with Gasteiger partial charge in [0.05, 0.1) is 5.56 Å². The Morgan fingerprint density at radius 2 is 1.51 bits per heavy atom. The SMILES string of the molecule is O=C(Nc1nc(C(=O)Nc2ccc(C(=O)O)cc2)cs1)OCC1c2ccccc2-c2ccccc21. The van der Waals surface area contributed by atoms with Crippen molar-refractivity contribution in [1.82, 2.24) is 4.98 Å². The van der Waals surface area contributed by atoms with Crippen molar-refractivity contribution in [2.24, 2.45) is 0 Å². The Morgan fingerprint density at radius 3 is 2.14 bits per heavy atom. The normalized spacial score (nSPS) is 11.9. The van der Waals surface area contributed by atoms with Gasteiger partial charge in [-0.15, -0.1) is 11.3 Å². The maximum absolute atomic E-state index is 12.4. The van der Waals surface area contributed by atoms with Crippen molar-refractivity contribution in [3.63, 3.8) is 0 Å². The highest BCUT2D eigenvalue weighted by Crippen LogP contribution is 2.44. The predicted octanol–water partition coefficient (Wildman–Crippen LogP) is 5.45. The Labute approximate surface area is 204 Å². The van der Waals surface area contributed by atoms with Crippen LogP contribution in [-0.4, -0.2) is 34.7 Å². The summed E-state index contributed by atoms with van der Waals surface area (Å²) in [6.45, 7) is 0.172. The molecule has 8 nitrogen and oxygen atoms in total. The summed E-state index contributed by atoms with van der Waals surface area (Å²) >= 11 is 1.10. The Kier molecular flexibility index (Phi) is 5.99. The Bertz CT molecular complexity index is 1390. The molecule has 0 saturated carbocycles. The van der Waals surface area contributed by atoms with E-state index in [2.05, 4.69) is 27.8 Å². The van der Waals surface area contributed by atoms with Crippen molar-refractivity contribution < 1.29 is 24.2 Å². The van der Waals surface area contributed by atoms with Gasteiger partial charge in [-0.3, -0.25) is 10.1 Å². The minimum absolute atomic E-state index is 0.0571. The number of carboxylic acids is 1. The van der Waals surface area contributed by atoms with Crippen LogP contribution in [0.3, 0.4) is 0 Å². The van der Waals surface area contributed by atoms with Crippen LogP contribution in [0.25, 0.3) is 11.1 Å². The molecule has 5 rings (SSSR count). The number of nitrogens with zero attached hydrogens (tertiary/aromatic N) is 1. The number of aromatic nitrogens is 1. The monoisotopic (exact) mass is 485 g/mol. The quantitative estimate of drug-likeness (QED) is 0.334. The van der Waals surface area contributed by atoms with E-state index in [0.717, 1.165) is 33.6 Å². The standard InChI is InChI=1S/C26H19N3O5S/c30-23(27-16-11-9-15(10-12-16)24(31)32)22-14-35-25(28-22)29-26(33)34-13-21-19-7-3-1-5-17(19)18-6-2-4-8-20(18)21/h1-12,14,21H,13H2,(H,27,30)(H,31,32)(H,28,29,33). The largest absolute Gasteiger partial charge is 0.478 e. The van der Waals surface area contributed by atoms with Crippen molar-refractivity contribution >= 4 is 40.1 Å². The highest BCUT2D eigenvalue weighted by molar-refractivity contribution is 7.14. The van der Waals surface area contributed by atoms with Crippen LogP contribution in [0.1, 0.15) is 37.9 Å². The number of carboxylic acid groups (broad SMARTS) is 1. The number of anilines is 2. The number of amides is 2. The molecule has 0 radical (unpaired) electrons. The number of nitrogens with one attached hydrogen (secondary N) is 2. The van der Waals surface area contributed by atoms with Gasteiger partial charge in [0.15, 0.2) is 5.13 Å². The number of fused-ring (bicyclic) bond motifs is 3. The molecule has 0 saturated heterocycles. The molecule has 1 heterocycles. The summed E-state index contributed by atoms with van der Waals surface area (Å²) in [4.78, 5) is 40.0. The molecule has 1 aromatic heterocycles. The zero-order valence-electron chi connectivity index (χ0n) is 18.2. The van der Waals surface area contributed by atoms with Gasteiger partial charge in [-0.2, -0.15) is 0 Å². The van der Waals surface area contributed by atoms with Crippen LogP contribution in [0.2, 0.25) is 0 Å². The summed E-state index contributed by atoms with van der Waals surface area (Å²) in [6, 6.07) is 21.9. The maximum atomic E-state index is 12.4. The number of hydrogen-bond donors (Lipinski definition) is 3. The molecule has 1 aliphatic carbocycles. The van der Waals surface area contributed by atoms with Gasteiger partial charge in [-0.05, 0) is 46.5 Å². The van der Waals surface area contributed by atoms with Crippen molar-refractivity contribution in [3.8, 4) is 11.1 Å². The first-order chi connectivity index (χ1) is 17.0. The summed E-state index contributed by atoms with van der Waals surface area (Å²) in [7, 11) is 0. The van der Waals surface area contributed by atoms with E-state index in [4.69, 9.17) is 9.84 Å². The van der Waals surface area contributed by atoms with Crippen LogP contribution in [0.15, 0.2) is 78.2 Å². The number of rotatable bonds is 6. The molecule has 4 aromatic rings. The van der Waals surface area contributed by atoms with Gasteiger partial charge in [0.1, 0.15) is 12.3 Å². The van der Waals surface area contributed by atoms with Crippen molar-refractivity contribution in [1.29, 1.82) is 0 Å². The predicted molar refractivity (Wildman–Crippen MR) is 132 cm³/mol. The first-order valence-corrected chi connectivity index (χ1v) is 11.6. The number of carbonyl (C=O) groups is 3. The fourth-order valence-electron chi connectivity index (χ4n) is 4.05. The highest BCUT2D eigenvalue weighted by atomic mass is 32.1. The fraction of sp³-hybridized carbons (Fsp3) is 0.0769. The first kappa shape index (κ1) is 22.3. The van der Waals surface area contributed by atoms with E-state index in [1.165, 1.54) is 29.6 Å². The minimum atomic E-state index is -1.05. The summed E-state index contributed by atoms with van der Waals surface area (Å²) in [5, 5.41) is 15.9.